The van der Waals surface area contributed by atoms with Crippen molar-refractivity contribution in [3.05, 3.63) is 51.6 Å². The minimum Gasteiger partial charge on any atom is -0.496 e. The number of fused-ring (bicyclic) bond motifs is 1. The number of aromatic nitrogens is 3. The van der Waals surface area contributed by atoms with Crippen LogP contribution in [0.4, 0.5) is 0 Å². The van der Waals surface area contributed by atoms with Gasteiger partial charge in [0.2, 0.25) is 0 Å². The van der Waals surface area contributed by atoms with Crippen LogP contribution in [-0.4, -0.2) is 27.5 Å². The highest BCUT2D eigenvalue weighted by atomic mass is 35.5. The normalized spacial score (nSPS) is 11.0. The van der Waals surface area contributed by atoms with Crippen molar-refractivity contribution in [3.63, 3.8) is 0 Å². The number of halogens is 2. The van der Waals surface area contributed by atoms with Gasteiger partial charge in [-0.2, -0.15) is 0 Å². The summed E-state index contributed by atoms with van der Waals surface area (Å²) in [6.45, 7) is 1.54. The Morgan fingerprint density at radius 3 is 2.79 bits per heavy atom. The summed E-state index contributed by atoms with van der Waals surface area (Å²) in [5, 5.41) is 9.83. The quantitative estimate of drug-likeness (QED) is 0.479. The Labute approximate surface area is 152 Å². The minimum atomic E-state index is 0.00962. The first kappa shape index (κ1) is 17.1. The molecule has 124 valence electrons. The monoisotopic (exact) mass is 381 g/mol. The molecule has 0 bridgehead atoms. The predicted molar refractivity (Wildman–Crippen MR) is 95.6 cm³/mol. The lowest BCUT2D eigenvalue weighted by Gasteiger charge is -2.09. The van der Waals surface area contributed by atoms with Crippen molar-refractivity contribution < 1.29 is 9.53 Å². The number of hydrogen-bond donors (Lipinski definition) is 0. The molecule has 0 N–H and O–H groups in total. The van der Waals surface area contributed by atoms with Crippen molar-refractivity contribution in [2.45, 2.75) is 17.8 Å². The van der Waals surface area contributed by atoms with E-state index in [1.165, 1.54) is 18.7 Å². The molecule has 0 fully saturated rings. The summed E-state index contributed by atoms with van der Waals surface area (Å²) in [5.74, 6) is 1.29. The van der Waals surface area contributed by atoms with Crippen LogP contribution in [-0.2, 0) is 5.75 Å². The Balaban J connectivity index is 1.91. The van der Waals surface area contributed by atoms with E-state index in [0.29, 0.717) is 32.2 Å². The Morgan fingerprint density at radius 2 is 2.08 bits per heavy atom. The second-order valence-electron chi connectivity index (χ2n) is 5.05. The van der Waals surface area contributed by atoms with Crippen molar-refractivity contribution in [3.8, 4) is 5.75 Å². The average molecular weight is 382 g/mol. The molecule has 0 aliphatic carbocycles. The number of thioether (sulfide) groups is 1. The molecule has 1 aromatic carbocycles. The molecule has 0 aliphatic heterocycles. The van der Waals surface area contributed by atoms with E-state index in [1.54, 1.807) is 35.9 Å². The third-order valence-electron chi connectivity index (χ3n) is 3.44. The molecule has 0 unspecified atom stereocenters. The minimum absolute atomic E-state index is 0.00962. The number of carbonyl (C=O) groups excluding carboxylic acids is 1. The molecule has 0 atom stereocenters. The average Bonchev–Trinajstić information content (AvgIpc) is 2.95. The zero-order valence-corrected chi connectivity index (χ0v) is 15.2. The van der Waals surface area contributed by atoms with Crippen molar-refractivity contribution in [1.82, 2.24) is 14.6 Å². The standard InChI is InChI=1S/C16H13Cl2N3O2S/c1-9(22)10-3-4-14(23-2)11(5-10)8-24-16-20-19-15-13(18)6-12(17)7-21(15)16/h3-7H,8H2,1-2H3. The van der Waals surface area contributed by atoms with E-state index in [2.05, 4.69) is 10.2 Å². The molecule has 8 heteroatoms. The highest BCUT2D eigenvalue weighted by molar-refractivity contribution is 7.98. The van der Waals surface area contributed by atoms with Gasteiger partial charge in [0.05, 0.1) is 17.2 Å². The van der Waals surface area contributed by atoms with E-state index in [4.69, 9.17) is 27.9 Å². The second-order valence-corrected chi connectivity index (χ2v) is 6.84. The van der Waals surface area contributed by atoms with Crippen LogP contribution in [0.25, 0.3) is 5.65 Å². The first-order valence-corrected chi connectivity index (χ1v) is 8.74. The van der Waals surface area contributed by atoms with Crippen LogP contribution in [0.1, 0.15) is 22.8 Å². The molecular weight excluding hydrogens is 369 g/mol. The lowest BCUT2D eigenvalue weighted by atomic mass is 10.1. The second kappa shape index (κ2) is 7.01. The molecule has 0 aliphatic rings. The maximum atomic E-state index is 11.6. The summed E-state index contributed by atoms with van der Waals surface area (Å²) in [6.07, 6.45) is 1.72. The number of rotatable bonds is 5. The Morgan fingerprint density at radius 1 is 1.29 bits per heavy atom. The molecule has 3 rings (SSSR count). The zero-order chi connectivity index (χ0) is 17.3. The van der Waals surface area contributed by atoms with Crippen LogP contribution in [0.5, 0.6) is 5.75 Å². The van der Waals surface area contributed by atoms with Crippen LogP contribution in [0.3, 0.4) is 0 Å². The molecule has 24 heavy (non-hydrogen) atoms. The van der Waals surface area contributed by atoms with Gasteiger partial charge in [0.1, 0.15) is 5.75 Å². The van der Waals surface area contributed by atoms with Gasteiger partial charge in [0, 0.05) is 23.1 Å². The van der Waals surface area contributed by atoms with Crippen LogP contribution in [0.2, 0.25) is 10.0 Å². The number of nitrogens with zero attached hydrogens (tertiary/aromatic N) is 3. The molecular formula is C16H13Cl2N3O2S. The fourth-order valence-corrected chi connectivity index (χ4v) is 3.65. The number of carbonyl (C=O) groups is 1. The summed E-state index contributed by atoms with van der Waals surface area (Å²) in [4.78, 5) is 11.6. The summed E-state index contributed by atoms with van der Waals surface area (Å²) >= 11 is 13.6. The Kier molecular flexibility index (Phi) is 4.99. The van der Waals surface area contributed by atoms with Crippen molar-refractivity contribution >= 4 is 46.4 Å². The molecule has 0 saturated heterocycles. The van der Waals surface area contributed by atoms with Gasteiger partial charge in [0.25, 0.3) is 0 Å². The highest BCUT2D eigenvalue weighted by Crippen LogP contribution is 2.30. The Hall–Kier alpha value is -1.76. The third-order valence-corrected chi connectivity index (χ3v) is 4.92. The molecule has 2 heterocycles. The van der Waals surface area contributed by atoms with E-state index in [0.717, 1.165) is 11.3 Å². The molecule has 0 amide bonds. The SMILES string of the molecule is COc1ccc(C(C)=O)cc1CSc1nnc2c(Cl)cc(Cl)cn12. The van der Waals surface area contributed by atoms with Crippen LogP contribution in [0.15, 0.2) is 35.6 Å². The van der Waals surface area contributed by atoms with Crippen molar-refractivity contribution in [1.29, 1.82) is 0 Å². The number of ether oxygens (including phenoxy) is 1. The van der Waals surface area contributed by atoms with E-state index < -0.39 is 0 Å². The first-order valence-electron chi connectivity index (χ1n) is 7.00. The fraction of sp³-hybridized carbons (Fsp3) is 0.188. The van der Waals surface area contributed by atoms with E-state index in [1.807, 2.05) is 6.07 Å². The van der Waals surface area contributed by atoms with Gasteiger partial charge in [-0.3, -0.25) is 9.20 Å². The third kappa shape index (κ3) is 3.36. The summed E-state index contributed by atoms with van der Waals surface area (Å²) in [7, 11) is 1.60. The lowest BCUT2D eigenvalue weighted by molar-refractivity contribution is 0.101. The van der Waals surface area contributed by atoms with Crippen molar-refractivity contribution in [2.75, 3.05) is 7.11 Å². The summed E-state index contributed by atoms with van der Waals surface area (Å²) < 4.78 is 7.11. The van der Waals surface area contributed by atoms with Gasteiger partial charge in [-0.05, 0) is 31.2 Å². The molecule has 2 aromatic heterocycles. The largest absolute Gasteiger partial charge is 0.496 e. The van der Waals surface area contributed by atoms with Gasteiger partial charge in [-0.15, -0.1) is 10.2 Å². The van der Waals surface area contributed by atoms with Crippen LogP contribution >= 0.6 is 35.0 Å². The van der Waals surface area contributed by atoms with E-state index in [9.17, 15) is 4.79 Å². The number of methoxy groups -OCH3 is 1. The maximum absolute atomic E-state index is 11.6. The van der Waals surface area contributed by atoms with Crippen LogP contribution < -0.4 is 4.74 Å². The number of pyridine rings is 1. The van der Waals surface area contributed by atoms with Gasteiger partial charge >= 0.3 is 0 Å². The predicted octanol–water partition coefficient (Wildman–Crippen LogP) is 4.54. The van der Waals surface area contributed by atoms with Crippen LogP contribution in [0, 0.1) is 0 Å². The topological polar surface area (TPSA) is 56.5 Å². The van der Waals surface area contributed by atoms with Gasteiger partial charge in [-0.25, -0.2) is 0 Å². The number of hydrogen-bond acceptors (Lipinski definition) is 5. The summed E-state index contributed by atoms with van der Waals surface area (Å²) in [6, 6.07) is 7.00. The smallest absolute Gasteiger partial charge is 0.196 e. The molecule has 0 saturated carbocycles. The van der Waals surface area contributed by atoms with Gasteiger partial charge in [0.15, 0.2) is 16.6 Å². The van der Waals surface area contributed by atoms with E-state index >= 15 is 0 Å². The van der Waals surface area contributed by atoms with Gasteiger partial charge in [-0.1, -0.05) is 35.0 Å². The first-order chi connectivity index (χ1) is 11.5. The summed E-state index contributed by atoms with van der Waals surface area (Å²) in [5.41, 5.74) is 2.09. The molecule has 5 nitrogen and oxygen atoms in total. The number of Topliss-reactive ketones (excluding diaryl/α,β-unsaturated/α-hetero) is 1. The molecule has 0 spiro atoms. The fourth-order valence-electron chi connectivity index (χ4n) is 2.25. The van der Waals surface area contributed by atoms with E-state index in [-0.39, 0.29) is 5.78 Å². The zero-order valence-electron chi connectivity index (χ0n) is 12.9. The lowest BCUT2D eigenvalue weighted by Crippen LogP contribution is -1.97. The Bertz CT molecular complexity index is 927. The van der Waals surface area contributed by atoms with Crippen molar-refractivity contribution in [2.24, 2.45) is 0 Å². The molecule has 0 radical (unpaired) electrons. The van der Waals surface area contributed by atoms with Gasteiger partial charge < -0.3 is 4.74 Å². The maximum Gasteiger partial charge on any atom is 0.196 e. The number of ketones is 1. The molecule has 3 aromatic rings. The highest BCUT2D eigenvalue weighted by Gasteiger charge is 2.13. The number of benzene rings is 1.